The topological polar surface area (TPSA) is 117 Å². The number of nitrogens with one attached hydrogen (secondary N) is 1. The van der Waals surface area contributed by atoms with Crippen LogP contribution in [-0.2, 0) is 9.59 Å². The number of carbonyl (C=O) groups is 4. The second-order valence-electron chi connectivity index (χ2n) is 7.33. The van der Waals surface area contributed by atoms with Crippen LogP contribution in [0.4, 0.5) is 10.5 Å². The Labute approximate surface area is 203 Å². The van der Waals surface area contributed by atoms with Gasteiger partial charge in [-0.15, -0.1) is 0 Å². The Bertz CT molecular complexity index is 1360. The number of para-hydroxylation sites is 1. The average Bonchev–Trinajstić information content (AvgIpc) is 3.36. The Kier molecular flexibility index (Phi) is 6.58. The molecule has 2 heterocycles. The van der Waals surface area contributed by atoms with Crippen molar-refractivity contribution in [2.75, 3.05) is 11.9 Å². The van der Waals surface area contributed by atoms with Crippen LogP contribution in [0.2, 0.25) is 5.02 Å². The number of carboxylic acid groups (broad SMARTS) is 1. The second-order valence-corrected chi connectivity index (χ2v) is 8.73. The molecule has 0 saturated carbocycles. The second kappa shape index (κ2) is 9.58. The van der Waals surface area contributed by atoms with E-state index in [1.165, 1.54) is 24.3 Å². The number of hydrogen-bond acceptors (Lipinski definition) is 6. The van der Waals surface area contributed by atoms with Crippen molar-refractivity contribution in [1.29, 1.82) is 0 Å². The van der Waals surface area contributed by atoms with Gasteiger partial charge in [0.1, 0.15) is 18.1 Å². The first-order valence-electron chi connectivity index (χ1n) is 9.97. The van der Waals surface area contributed by atoms with Gasteiger partial charge in [-0.1, -0.05) is 29.8 Å². The molecule has 1 fully saturated rings. The summed E-state index contributed by atoms with van der Waals surface area (Å²) < 4.78 is 5.71. The summed E-state index contributed by atoms with van der Waals surface area (Å²) in [6.07, 6.45) is 1.39. The number of halogens is 1. The third kappa shape index (κ3) is 4.90. The number of aromatic carboxylic acids is 1. The first-order chi connectivity index (χ1) is 16.2. The highest BCUT2D eigenvalue weighted by Crippen LogP contribution is 2.35. The molecular weight excluding hydrogens is 480 g/mol. The van der Waals surface area contributed by atoms with Crippen LogP contribution in [0.1, 0.15) is 21.7 Å². The summed E-state index contributed by atoms with van der Waals surface area (Å²) in [4.78, 5) is 49.7. The van der Waals surface area contributed by atoms with Crippen molar-refractivity contribution in [3.8, 4) is 11.3 Å². The van der Waals surface area contributed by atoms with Crippen LogP contribution in [0.15, 0.2) is 63.9 Å². The van der Waals surface area contributed by atoms with Gasteiger partial charge in [-0.3, -0.25) is 19.3 Å². The summed E-state index contributed by atoms with van der Waals surface area (Å²) in [5.41, 5.74) is 1.88. The Morgan fingerprint density at radius 1 is 1.15 bits per heavy atom. The lowest BCUT2D eigenvalue weighted by Gasteiger charge is -2.13. The number of aryl methyl sites for hydroxylation is 1. The van der Waals surface area contributed by atoms with Crippen molar-refractivity contribution in [3.63, 3.8) is 0 Å². The van der Waals surface area contributed by atoms with E-state index >= 15 is 0 Å². The highest BCUT2D eigenvalue weighted by Gasteiger charge is 2.36. The molecule has 1 aliphatic heterocycles. The molecule has 1 aromatic heterocycles. The summed E-state index contributed by atoms with van der Waals surface area (Å²) >= 11 is 6.87. The molecule has 0 spiro atoms. The molecule has 2 aromatic carbocycles. The van der Waals surface area contributed by atoms with Crippen LogP contribution >= 0.6 is 23.4 Å². The maximum atomic E-state index is 12.7. The van der Waals surface area contributed by atoms with E-state index in [-0.39, 0.29) is 16.2 Å². The monoisotopic (exact) mass is 496 g/mol. The molecule has 1 aliphatic rings. The number of hydrogen-bond donors (Lipinski definition) is 2. The van der Waals surface area contributed by atoms with Gasteiger partial charge in [0.05, 0.1) is 15.5 Å². The maximum Gasteiger partial charge on any atom is 0.335 e. The van der Waals surface area contributed by atoms with Crippen LogP contribution in [0.5, 0.6) is 0 Å². The summed E-state index contributed by atoms with van der Waals surface area (Å²) in [7, 11) is 0. The number of amides is 3. The lowest BCUT2D eigenvalue weighted by Crippen LogP contribution is -2.36. The van der Waals surface area contributed by atoms with Crippen molar-refractivity contribution in [2.45, 2.75) is 6.92 Å². The minimum atomic E-state index is -1.11. The van der Waals surface area contributed by atoms with Gasteiger partial charge in [-0.2, -0.15) is 0 Å². The van der Waals surface area contributed by atoms with E-state index in [4.69, 9.17) is 16.0 Å². The molecule has 0 aliphatic carbocycles. The Morgan fingerprint density at radius 3 is 2.65 bits per heavy atom. The first-order valence-corrected chi connectivity index (χ1v) is 11.2. The quantitative estimate of drug-likeness (QED) is 0.446. The molecule has 8 nitrogen and oxygen atoms in total. The van der Waals surface area contributed by atoms with Gasteiger partial charge in [0.15, 0.2) is 0 Å². The number of thioether (sulfide) groups is 1. The van der Waals surface area contributed by atoms with Crippen molar-refractivity contribution < 1.29 is 28.7 Å². The fourth-order valence-electron chi connectivity index (χ4n) is 3.23. The highest BCUT2D eigenvalue weighted by molar-refractivity contribution is 8.18. The third-order valence-electron chi connectivity index (χ3n) is 4.97. The predicted molar refractivity (Wildman–Crippen MR) is 129 cm³/mol. The maximum absolute atomic E-state index is 12.7. The summed E-state index contributed by atoms with van der Waals surface area (Å²) in [5.74, 6) is -1.65. The van der Waals surface area contributed by atoms with E-state index in [1.54, 1.807) is 24.3 Å². The van der Waals surface area contributed by atoms with Gasteiger partial charge in [-0.05, 0) is 60.6 Å². The third-order valence-corrected chi connectivity index (χ3v) is 6.21. The number of nitrogens with zero attached hydrogens (tertiary/aromatic N) is 1. The van der Waals surface area contributed by atoms with Crippen molar-refractivity contribution in [2.24, 2.45) is 0 Å². The van der Waals surface area contributed by atoms with Crippen LogP contribution in [0, 0.1) is 6.92 Å². The van der Waals surface area contributed by atoms with Crippen molar-refractivity contribution in [1.82, 2.24) is 4.90 Å². The first kappa shape index (κ1) is 23.3. The predicted octanol–water partition coefficient (Wildman–Crippen LogP) is 5.28. The Balaban J connectivity index is 1.49. The largest absolute Gasteiger partial charge is 0.478 e. The molecule has 3 aromatic rings. The summed E-state index contributed by atoms with van der Waals surface area (Å²) in [6.45, 7) is 1.42. The Hall–Kier alpha value is -3.82. The lowest BCUT2D eigenvalue weighted by atomic mass is 10.1. The molecule has 4 rings (SSSR count). The minimum Gasteiger partial charge on any atom is -0.478 e. The minimum absolute atomic E-state index is 0.0439. The number of furan rings is 1. The molecule has 3 amide bonds. The molecule has 0 unspecified atom stereocenters. The van der Waals surface area contributed by atoms with E-state index in [0.29, 0.717) is 33.8 Å². The zero-order valence-electron chi connectivity index (χ0n) is 17.7. The number of anilines is 1. The number of benzene rings is 2. The van der Waals surface area contributed by atoms with Gasteiger partial charge >= 0.3 is 5.97 Å². The molecule has 2 N–H and O–H groups in total. The smallest absolute Gasteiger partial charge is 0.335 e. The molecule has 1 saturated heterocycles. The lowest BCUT2D eigenvalue weighted by molar-refractivity contribution is -0.127. The Morgan fingerprint density at radius 2 is 1.91 bits per heavy atom. The van der Waals surface area contributed by atoms with E-state index in [2.05, 4.69) is 5.32 Å². The summed E-state index contributed by atoms with van der Waals surface area (Å²) in [5, 5.41) is 11.6. The van der Waals surface area contributed by atoms with Gasteiger partial charge < -0.3 is 14.8 Å². The zero-order valence-corrected chi connectivity index (χ0v) is 19.3. The van der Waals surface area contributed by atoms with Gasteiger partial charge in [-0.25, -0.2) is 4.79 Å². The normalized spacial score (nSPS) is 14.6. The fraction of sp³-hybridized carbons (Fsp3) is 0.0833. The van der Waals surface area contributed by atoms with E-state index in [1.807, 2.05) is 19.1 Å². The van der Waals surface area contributed by atoms with Crippen molar-refractivity contribution >= 4 is 58.1 Å². The number of carboxylic acids is 1. The van der Waals surface area contributed by atoms with E-state index < -0.39 is 29.6 Å². The molecule has 172 valence electrons. The molecule has 0 radical (unpaired) electrons. The molecular formula is C24H17ClN2O6S. The van der Waals surface area contributed by atoms with E-state index in [0.717, 1.165) is 10.5 Å². The standard InChI is InChI=1S/C24H17ClN2O6S/c1-13-4-2-3-5-18(13)26-21(28)12-27-22(29)20(34-24(27)32)11-15-7-9-19(33-15)16-10-14(23(30)31)6-8-17(16)25/h2-11H,12H2,1H3,(H,26,28)(H,30,31)/b20-11+. The van der Waals surface area contributed by atoms with Gasteiger partial charge in [0.25, 0.3) is 11.1 Å². The van der Waals surface area contributed by atoms with Crippen LogP contribution in [-0.4, -0.2) is 39.6 Å². The highest BCUT2D eigenvalue weighted by atomic mass is 35.5. The van der Waals surface area contributed by atoms with Crippen LogP contribution < -0.4 is 5.32 Å². The van der Waals surface area contributed by atoms with Crippen LogP contribution in [0.25, 0.3) is 17.4 Å². The van der Waals surface area contributed by atoms with Crippen LogP contribution in [0.3, 0.4) is 0 Å². The van der Waals surface area contributed by atoms with Gasteiger partial charge in [0.2, 0.25) is 5.91 Å². The number of carbonyl (C=O) groups excluding carboxylic acids is 3. The fourth-order valence-corrected chi connectivity index (χ4v) is 4.26. The zero-order chi connectivity index (χ0) is 24.4. The van der Waals surface area contributed by atoms with Gasteiger partial charge in [0, 0.05) is 17.3 Å². The number of imide groups is 1. The average molecular weight is 497 g/mol. The SMILES string of the molecule is Cc1ccccc1NC(=O)CN1C(=O)S/C(=C/c2ccc(-c3cc(C(=O)O)ccc3Cl)o2)C1=O. The number of rotatable bonds is 6. The molecule has 0 bridgehead atoms. The molecule has 34 heavy (non-hydrogen) atoms. The molecule has 10 heteroatoms. The van der Waals surface area contributed by atoms with Crippen molar-refractivity contribution in [3.05, 3.63) is 81.4 Å². The molecule has 0 atom stereocenters. The van der Waals surface area contributed by atoms with E-state index in [9.17, 15) is 24.3 Å². The summed E-state index contributed by atoms with van der Waals surface area (Å²) in [6, 6.07) is 14.5.